The van der Waals surface area contributed by atoms with Crippen LogP contribution < -0.4 is 5.73 Å². The highest BCUT2D eigenvalue weighted by Crippen LogP contribution is 2.10. The minimum absolute atomic E-state index is 0.570. The van der Waals surface area contributed by atoms with Crippen LogP contribution in [0.15, 0.2) is 72.9 Å². The van der Waals surface area contributed by atoms with Crippen LogP contribution >= 0.6 is 0 Å². The Morgan fingerprint density at radius 1 is 0.789 bits per heavy atom. The molecule has 2 N–H and O–H groups in total. The van der Waals surface area contributed by atoms with Crippen molar-refractivity contribution < 1.29 is 0 Å². The minimum atomic E-state index is 0.570. The molecular formula is C17H20N2. The van der Waals surface area contributed by atoms with Crippen molar-refractivity contribution in [1.82, 2.24) is 4.90 Å². The van der Waals surface area contributed by atoms with Crippen LogP contribution in [0.25, 0.3) is 0 Å². The molecule has 2 nitrogen and oxygen atoms in total. The van der Waals surface area contributed by atoms with E-state index < -0.39 is 0 Å². The molecule has 0 bridgehead atoms. The Bertz CT molecular complexity index is 450. The van der Waals surface area contributed by atoms with Crippen molar-refractivity contribution in [2.24, 2.45) is 5.73 Å². The third kappa shape index (κ3) is 4.60. The molecule has 0 unspecified atom stereocenters. The largest absolute Gasteiger partial charge is 0.369 e. The number of hydrogen-bond donors (Lipinski definition) is 1. The summed E-state index contributed by atoms with van der Waals surface area (Å²) in [5, 5.41) is 0. The fraction of sp³-hybridized carbons (Fsp3) is 0.176. The highest BCUT2D eigenvalue weighted by molar-refractivity contribution is 5.17. The number of nitrogens with two attached hydrogens (primary N) is 1. The predicted octanol–water partition coefficient (Wildman–Crippen LogP) is 3.16. The van der Waals surface area contributed by atoms with Gasteiger partial charge in [0, 0.05) is 19.6 Å². The summed E-state index contributed by atoms with van der Waals surface area (Å²) in [6.07, 6.45) is 4.08. The first-order valence-corrected chi connectivity index (χ1v) is 6.57. The zero-order valence-electron chi connectivity index (χ0n) is 11.1. The molecule has 19 heavy (non-hydrogen) atoms. The first-order chi connectivity index (χ1) is 9.38. The van der Waals surface area contributed by atoms with Crippen LogP contribution in [-0.2, 0) is 13.1 Å². The lowest BCUT2D eigenvalue weighted by molar-refractivity contribution is 0.361. The Hall–Kier alpha value is -2.06. The van der Waals surface area contributed by atoms with Crippen LogP contribution in [-0.4, -0.2) is 11.4 Å². The van der Waals surface area contributed by atoms with E-state index >= 15 is 0 Å². The van der Waals surface area contributed by atoms with Crippen molar-refractivity contribution in [3.8, 4) is 0 Å². The Balaban J connectivity index is 2.06. The molecule has 98 valence electrons. The molecule has 0 aromatic heterocycles. The predicted molar refractivity (Wildman–Crippen MR) is 80.3 cm³/mol. The van der Waals surface area contributed by atoms with Crippen molar-refractivity contribution in [2.75, 3.05) is 6.54 Å². The number of benzene rings is 2. The van der Waals surface area contributed by atoms with E-state index in [0.717, 1.165) is 13.1 Å². The highest BCUT2D eigenvalue weighted by atomic mass is 15.1. The Kier molecular flexibility index (Phi) is 5.20. The lowest BCUT2D eigenvalue weighted by Crippen LogP contribution is -2.16. The highest BCUT2D eigenvalue weighted by Gasteiger charge is 2.02. The topological polar surface area (TPSA) is 29.3 Å². The summed E-state index contributed by atoms with van der Waals surface area (Å²) in [6, 6.07) is 21.0. The molecule has 0 aliphatic heterocycles. The second-order valence-corrected chi connectivity index (χ2v) is 4.50. The van der Waals surface area contributed by atoms with Gasteiger partial charge in [-0.2, -0.15) is 0 Å². The summed E-state index contributed by atoms with van der Waals surface area (Å²) >= 11 is 0. The number of nitrogens with zero attached hydrogens (tertiary/aromatic N) is 1. The van der Waals surface area contributed by atoms with Gasteiger partial charge in [0.2, 0.25) is 0 Å². The zero-order chi connectivity index (χ0) is 13.3. The van der Waals surface area contributed by atoms with Crippen LogP contribution in [0.3, 0.4) is 0 Å². The molecule has 0 saturated carbocycles. The number of hydrogen-bond acceptors (Lipinski definition) is 2. The summed E-state index contributed by atoms with van der Waals surface area (Å²) in [5.74, 6) is 0. The molecule has 0 radical (unpaired) electrons. The van der Waals surface area contributed by atoms with Crippen LogP contribution in [0.5, 0.6) is 0 Å². The molecule has 2 heteroatoms. The second-order valence-electron chi connectivity index (χ2n) is 4.50. The van der Waals surface area contributed by atoms with Gasteiger partial charge >= 0.3 is 0 Å². The van der Waals surface area contributed by atoms with E-state index in [0.29, 0.717) is 6.54 Å². The molecule has 0 spiro atoms. The van der Waals surface area contributed by atoms with Crippen molar-refractivity contribution in [1.29, 1.82) is 0 Å². The molecule has 0 amide bonds. The maximum absolute atomic E-state index is 5.55. The van der Waals surface area contributed by atoms with Crippen molar-refractivity contribution >= 4 is 0 Å². The summed E-state index contributed by atoms with van der Waals surface area (Å²) < 4.78 is 0. The van der Waals surface area contributed by atoms with Gasteiger partial charge in [-0.15, -0.1) is 0 Å². The van der Waals surface area contributed by atoms with Gasteiger partial charge in [-0.25, -0.2) is 0 Å². The third-order valence-corrected chi connectivity index (χ3v) is 2.91. The third-order valence-electron chi connectivity index (χ3n) is 2.91. The quantitative estimate of drug-likeness (QED) is 0.855. The summed E-state index contributed by atoms with van der Waals surface area (Å²) in [7, 11) is 0. The van der Waals surface area contributed by atoms with Crippen molar-refractivity contribution in [2.45, 2.75) is 13.1 Å². The molecule has 2 aromatic carbocycles. The molecule has 0 aliphatic carbocycles. The van der Waals surface area contributed by atoms with E-state index in [-0.39, 0.29) is 0 Å². The molecule has 0 aliphatic rings. The van der Waals surface area contributed by atoms with E-state index in [4.69, 9.17) is 5.73 Å². The summed E-state index contributed by atoms with van der Waals surface area (Å²) in [4.78, 5) is 2.28. The van der Waals surface area contributed by atoms with Crippen LogP contribution in [0, 0.1) is 0 Å². The zero-order valence-corrected chi connectivity index (χ0v) is 11.1. The molecule has 0 atom stereocenters. The first-order valence-electron chi connectivity index (χ1n) is 6.57. The van der Waals surface area contributed by atoms with Gasteiger partial charge in [0.05, 0.1) is 0 Å². The molecule has 2 rings (SSSR count). The SMILES string of the molecule is NCC=CN(Cc1ccccc1)Cc1ccccc1. The Morgan fingerprint density at radius 2 is 1.26 bits per heavy atom. The van der Waals surface area contributed by atoms with E-state index in [2.05, 4.69) is 59.6 Å². The Labute approximate surface area is 115 Å². The van der Waals surface area contributed by atoms with Crippen LogP contribution in [0.2, 0.25) is 0 Å². The number of rotatable bonds is 6. The van der Waals surface area contributed by atoms with E-state index in [1.54, 1.807) is 0 Å². The standard InChI is InChI=1S/C17H20N2/c18-12-7-13-19(14-16-8-3-1-4-9-16)15-17-10-5-2-6-11-17/h1-11,13H,12,14-15,18H2. The molecule has 2 aromatic rings. The average Bonchev–Trinajstić information content (AvgIpc) is 2.47. The molecule has 0 heterocycles. The summed E-state index contributed by atoms with van der Waals surface area (Å²) in [6.45, 7) is 2.36. The van der Waals surface area contributed by atoms with E-state index in [1.165, 1.54) is 11.1 Å². The normalized spacial score (nSPS) is 10.8. The van der Waals surface area contributed by atoms with Gasteiger partial charge in [0.15, 0.2) is 0 Å². The van der Waals surface area contributed by atoms with Gasteiger partial charge in [-0.1, -0.05) is 66.7 Å². The minimum Gasteiger partial charge on any atom is -0.369 e. The maximum Gasteiger partial charge on any atom is 0.0427 e. The molecular weight excluding hydrogens is 232 g/mol. The van der Waals surface area contributed by atoms with Gasteiger partial charge in [-0.05, 0) is 17.3 Å². The average molecular weight is 252 g/mol. The van der Waals surface area contributed by atoms with Gasteiger partial charge < -0.3 is 10.6 Å². The van der Waals surface area contributed by atoms with Crippen LogP contribution in [0.1, 0.15) is 11.1 Å². The fourth-order valence-corrected chi connectivity index (χ4v) is 2.01. The van der Waals surface area contributed by atoms with E-state index in [9.17, 15) is 0 Å². The smallest absolute Gasteiger partial charge is 0.0427 e. The van der Waals surface area contributed by atoms with E-state index in [1.807, 2.05) is 18.2 Å². The van der Waals surface area contributed by atoms with Gasteiger partial charge in [0.25, 0.3) is 0 Å². The van der Waals surface area contributed by atoms with Gasteiger partial charge in [0.1, 0.15) is 0 Å². The second kappa shape index (κ2) is 7.39. The maximum atomic E-state index is 5.55. The Morgan fingerprint density at radius 3 is 1.68 bits per heavy atom. The van der Waals surface area contributed by atoms with Gasteiger partial charge in [-0.3, -0.25) is 0 Å². The van der Waals surface area contributed by atoms with Crippen molar-refractivity contribution in [3.63, 3.8) is 0 Å². The molecule has 0 saturated heterocycles. The monoisotopic (exact) mass is 252 g/mol. The molecule has 0 fully saturated rings. The first kappa shape index (κ1) is 13.4. The van der Waals surface area contributed by atoms with Crippen molar-refractivity contribution in [3.05, 3.63) is 84.1 Å². The van der Waals surface area contributed by atoms with Crippen LogP contribution in [0.4, 0.5) is 0 Å². The lowest BCUT2D eigenvalue weighted by atomic mass is 10.2. The lowest BCUT2D eigenvalue weighted by Gasteiger charge is -2.20. The fourth-order valence-electron chi connectivity index (χ4n) is 2.01. The summed E-state index contributed by atoms with van der Waals surface area (Å²) in [5.41, 5.74) is 8.16.